The zero-order chi connectivity index (χ0) is 75.7. The van der Waals surface area contributed by atoms with Gasteiger partial charge in [0.1, 0.15) is 36.6 Å². The highest BCUT2D eigenvalue weighted by atomic mass is 16.7. The molecule has 2 rings (SSSR count). The van der Waals surface area contributed by atoms with Gasteiger partial charge in [0.15, 0.2) is 18.4 Å². The summed E-state index contributed by atoms with van der Waals surface area (Å²) in [5, 5.41) is 38.9. The number of carbonyl (C=O) groups excluding carboxylic acids is 6. The highest BCUT2D eigenvalue weighted by molar-refractivity contribution is 5.84. The number of hydrogen-bond donors (Lipinski definition) is 5. The fourth-order valence-corrected chi connectivity index (χ4v) is 14.0. The molecule has 18 nitrogen and oxygen atoms in total. The maximum absolute atomic E-state index is 14.7. The molecule has 1 aromatic carbocycles. The van der Waals surface area contributed by atoms with Crippen LogP contribution in [0.1, 0.15) is 400 Å². The van der Waals surface area contributed by atoms with E-state index in [0.29, 0.717) is 57.8 Å². The van der Waals surface area contributed by atoms with Gasteiger partial charge in [0.2, 0.25) is 11.8 Å². The summed E-state index contributed by atoms with van der Waals surface area (Å²) < 4.78 is 36.7. The molecule has 2 amide bonds. The first kappa shape index (κ1) is 95.4. The third kappa shape index (κ3) is 51.6. The highest BCUT2D eigenvalue weighted by Crippen LogP contribution is 2.28. The molecule has 1 aliphatic heterocycles. The first-order valence-corrected chi connectivity index (χ1v) is 42.9. The second-order valence-electron chi connectivity index (χ2n) is 30.2. The molecule has 0 radical (unpaired) electrons. The quantitative estimate of drug-likeness (QED) is 0.0231. The number of carboxylic acids is 1. The second-order valence-corrected chi connectivity index (χ2v) is 30.2. The molecular weight excluding hydrogens is 1320 g/mol. The number of aliphatic hydroxyl groups excluding tert-OH is 2. The lowest BCUT2D eigenvalue weighted by Gasteiger charge is -2.44. The van der Waals surface area contributed by atoms with Gasteiger partial charge in [-0.05, 0) is 76.2 Å². The minimum Gasteiger partial charge on any atom is -0.480 e. The molecular formula is C86H152N2O16. The van der Waals surface area contributed by atoms with Gasteiger partial charge >= 0.3 is 29.8 Å². The van der Waals surface area contributed by atoms with Crippen molar-refractivity contribution < 1.29 is 77.3 Å². The molecule has 9 atom stereocenters. The Labute approximate surface area is 631 Å². The van der Waals surface area contributed by atoms with E-state index in [2.05, 4.69) is 69.5 Å². The van der Waals surface area contributed by atoms with E-state index in [-0.39, 0.29) is 38.5 Å². The molecule has 0 bridgehead atoms. The van der Waals surface area contributed by atoms with E-state index in [1.807, 2.05) is 6.07 Å². The van der Waals surface area contributed by atoms with Crippen LogP contribution in [0, 0.1) is 0 Å². The average Bonchev–Trinajstić information content (AvgIpc) is 0.792. The van der Waals surface area contributed by atoms with E-state index in [0.717, 1.165) is 180 Å². The van der Waals surface area contributed by atoms with Crippen LogP contribution in [0.2, 0.25) is 0 Å². The maximum Gasteiger partial charge on any atom is 0.328 e. The number of nitrogens with one attached hydrogen (secondary N) is 2. The van der Waals surface area contributed by atoms with Crippen molar-refractivity contribution in [3.63, 3.8) is 0 Å². The van der Waals surface area contributed by atoms with E-state index in [1.165, 1.54) is 95.5 Å². The van der Waals surface area contributed by atoms with E-state index in [4.69, 9.17) is 28.4 Å². The molecule has 1 fully saturated rings. The van der Waals surface area contributed by atoms with Crippen LogP contribution in [0.15, 0.2) is 30.3 Å². The van der Waals surface area contributed by atoms with Gasteiger partial charge in [-0.15, -0.1) is 0 Å². The minimum absolute atomic E-state index is 0.180. The Morgan fingerprint density at radius 3 is 1.12 bits per heavy atom. The van der Waals surface area contributed by atoms with Crippen LogP contribution < -0.4 is 10.6 Å². The van der Waals surface area contributed by atoms with Crippen LogP contribution >= 0.6 is 0 Å². The van der Waals surface area contributed by atoms with Gasteiger partial charge in [0.25, 0.3) is 0 Å². The summed E-state index contributed by atoms with van der Waals surface area (Å²) >= 11 is 0. The highest BCUT2D eigenvalue weighted by Gasteiger charge is 2.49. The second kappa shape index (κ2) is 66.5. The summed E-state index contributed by atoms with van der Waals surface area (Å²) in [5.41, 5.74) is 1.33. The molecule has 0 saturated carbocycles. The van der Waals surface area contributed by atoms with Crippen LogP contribution in [0.4, 0.5) is 0 Å². The summed E-state index contributed by atoms with van der Waals surface area (Å²) in [5.74, 6) is -4.95. The maximum atomic E-state index is 14.7. The number of carboxylic acid groups (broad SMARTS) is 1. The van der Waals surface area contributed by atoms with Gasteiger partial charge in [-0.25, -0.2) is 4.79 Å². The summed E-state index contributed by atoms with van der Waals surface area (Å²) in [4.78, 5) is 96.9. The Kier molecular flexibility index (Phi) is 61.1. The normalized spacial score (nSPS) is 17.0. The number of aliphatic carboxylic acids is 1. The molecule has 0 aromatic heterocycles. The molecule has 1 heterocycles. The van der Waals surface area contributed by atoms with Crippen LogP contribution in [0.5, 0.6) is 0 Å². The van der Waals surface area contributed by atoms with Crippen molar-refractivity contribution in [2.24, 2.45) is 0 Å². The topological polar surface area (TPSA) is 260 Å². The average molecular weight is 1470 g/mol. The Morgan fingerprint density at radius 2 is 0.760 bits per heavy atom. The van der Waals surface area contributed by atoms with Crippen molar-refractivity contribution in [1.29, 1.82) is 0 Å². The van der Waals surface area contributed by atoms with Crippen LogP contribution in [-0.2, 0) is 68.4 Å². The van der Waals surface area contributed by atoms with Gasteiger partial charge in [0, 0.05) is 19.3 Å². The van der Waals surface area contributed by atoms with Crippen molar-refractivity contribution in [1.82, 2.24) is 10.6 Å². The van der Waals surface area contributed by atoms with Crippen LogP contribution in [0.3, 0.4) is 0 Å². The van der Waals surface area contributed by atoms with Crippen LogP contribution in [0.25, 0.3) is 0 Å². The number of esters is 4. The van der Waals surface area contributed by atoms with Crippen molar-refractivity contribution in [2.75, 3.05) is 13.2 Å². The minimum atomic E-state index is -1.77. The van der Waals surface area contributed by atoms with Gasteiger partial charge in [-0.1, -0.05) is 322 Å². The van der Waals surface area contributed by atoms with Gasteiger partial charge in [-0.3, -0.25) is 28.8 Å². The number of aryl methyl sites for hydroxylation is 1. The Hall–Kier alpha value is -4.65. The number of aliphatic hydroxyl groups is 2. The standard InChI is InChI=1S/C86H152N2O16/c1-6-11-16-21-26-29-34-40-50-59-71(100-78(92)62-53-43-32-24-19-14-9-4)65-76(90)87-74(85(97)98)69-99-86-82(88-77(91)66-72(60-51-41-35-30-27-22-17-12-7-2)101-79(93)63-55-45-38-37-39-47-56-70-57-48-46-49-58-70)84(83(96)75(68-89)103-86)104-81(95)67-73(61-52-42-36-31-28-23-18-13-8-3)102-80(94)64-54-44-33-25-20-15-10-5/h46,48-49,57-58,71-75,82-84,86,89,96H,6-45,47,50-56,59-69H2,1-5H3,(H,87,90)(H,88,91)(H,97,98)/t71-,72-,73-,74-,75?,82?,83?,84?,86?/m1/s1. The predicted octanol–water partition coefficient (Wildman–Crippen LogP) is 20.0. The molecule has 0 aliphatic carbocycles. The molecule has 1 aliphatic rings. The van der Waals surface area contributed by atoms with Gasteiger partial charge in [-0.2, -0.15) is 0 Å². The van der Waals surface area contributed by atoms with E-state index < -0.39 is 110 Å². The molecule has 5 N–H and O–H groups in total. The lowest BCUT2D eigenvalue weighted by Crippen LogP contribution is -2.66. The molecule has 1 saturated heterocycles. The van der Waals surface area contributed by atoms with Gasteiger partial charge < -0.3 is 54.4 Å². The van der Waals surface area contributed by atoms with E-state index >= 15 is 0 Å². The Bertz CT molecular complexity index is 2270. The number of carbonyl (C=O) groups is 7. The van der Waals surface area contributed by atoms with E-state index in [9.17, 15) is 48.9 Å². The number of benzene rings is 1. The van der Waals surface area contributed by atoms with Crippen LogP contribution in [-0.4, -0.2) is 125 Å². The van der Waals surface area contributed by atoms with Gasteiger partial charge in [0.05, 0.1) is 32.5 Å². The fourth-order valence-electron chi connectivity index (χ4n) is 14.0. The number of amides is 2. The van der Waals surface area contributed by atoms with Crippen molar-refractivity contribution in [2.45, 2.75) is 456 Å². The summed E-state index contributed by atoms with van der Waals surface area (Å²) in [6.07, 6.45) is 41.4. The third-order valence-corrected chi connectivity index (χ3v) is 20.4. The number of ether oxygens (including phenoxy) is 6. The molecule has 0 spiro atoms. The Balaban J connectivity index is 2.50. The molecule has 1 aromatic rings. The zero-order valence-corrected chi connectivity index (χ0v) is 66.5. The number of unbranched alkanes of at least 4 members (excludes halogenated alkanes) is 41. The van der Waals surface area contributed by atoms with Crippen molar-refractivity contribution in [3.8, 4) is 0 Å². The predicted molar refractivity (Wildman–Crippen MR) is 416 cm³/mol. The van der Waals surface area contributed by atoms with E-state index in [1.54, 1.807) is 0 Å². The molecule has 602 valence electrons. The summed E-state index contributed by atoms with van der Waals surface area (Å²) in [6.45, 7) is 9.37. The first-order chi connectivity index (χ1) is 50.7. The summed E-state index contributed by atoms with van der Waals surface area (Å²) in [6, 6.07) is 7.17. The number of hydrogen-bond acceptors (Lipinski definition) is 15. The number of rotatable bonds is 72. The Morgan fingerprint density at radius 1 is 0.423 bits per heavy atom. The monoisotopic (exact) mass is 1470 g/mol. The third-order valence-electron chi connectivity index (χ3n) is 20.4. The lowest BCUT2D eigenvalue weighted by molar-refractivity contribution is -0.275. The lowest BCUT2D eigenvalue weighted by atomic mass is 9.96. The fraction of sp³-hybridized carbons (Fsp3) is 0.849. The molecule has 104 heavy (non-hydrogen) atoms. The molecule has 5 unspecified atom stereocenters. The summed E-state index contributed by atoms with van der Waals surface area (Å²) in [7, 11) is 0. The SMILES string of the molecule is CCCCCCCCCCC[C@H](CC(=O)NC1C(OC[C@@H](NC(=O)C[C@@H](CCCCCCCCCCC)OC(=O)CCCCCCCCC)C(=O)O)OC(CO)C(O)C1OC(=O)C[C@@H](CCCCCCCCCCC)OC(=O)CCCCCCCCC)OC(=O)CCCCCCCCc1ccccc1. The van der Waals surface area contributed by atoms with Crippen molar-refractivity contribution >= 4 is 41.7 Å². The largest absolute Gasteiger partial charge is 0.480 e. The van der Waals surface area contributed by atoms with Crippen molar-refractivity contribution in [3.05, 3.63) is 35.9 Å². The smallest absolute Gasteiger partial charge is 0.328 e. The zero-order valence-electron chi connectivity index (χ0n) is 66.5. The molecule has 18 heteroatoms. The first-order valence-electron chi connectivity index (χ1n) is 42.9.